The normalized spacial score (nSPS) is 10.7. The molecule has 3 aromatic rings. The molecular weight excluding hydrogens is 332 g/mol. The average molecular weight is 352 g/mol. The second-order valence-corrected chi connectivity index (χ2v) is 6.05. The molecule has 26 heavy (non-hydrogen) atoms. The van der Waals surface area contributed by atoms with Crippen molar-refractivity contribution in [1.29, 1.82) is 0 Å². The molecule has 0 atom stereocenters. The van der Waals surface area contributed by atoms with Crippen LogP contribution in [0.1, 0.15) is 23.1 Å². The van der Waals surface area contributed by atoms with Crippen molar-refractivity contribution in [3.05, 3.63) is 75.6 Å². The lowest BCUT2D eigenvalue weighted by Crippen LogP contribution is -2.11. The fourth-order valence-corrected chi connectivity index (χ4v) is 2.64. The molecule has 134 valence electrons. The van der Waals surface area contributed by atoms with Crippen LogP contribution in [-0.2, 0) is 16.1 Å². The van der Waals surface area contributed by atoms with E-state index in [9.17, 15) is 9.59 Å². The van der Waals surface area contributed by atoms with Crippen molar-refractivity contribution < 1.29 is 18.7 Å². The molecule has 0 N–H and O–H groups in total. The van der Waals surface area contributed by atoms with Crippen molar-refractivity contribution in [3.63, 3.8) is 0 Å². The third-order valence-corrected chi connectivity index (χ3v) is 4.22. The van der Waals surface area contributed by atoms with Crippen molar-refractivity contribution in [2.45, 2.75) is 26.9 Å². The predicted molar refractivity (Wildman–Crippen MR) is 98.3 cm³/mol. The molecule has 0 unspecified atom stereocenters. The molecule has 1 aromatic heterocycles. The summed E-state index contributed by atoms with van der Waals surface area (Å²) in [5.74, 6) is 0.323. The van der Waals surface area contributed by atoms with Gasteiger partial charge in [-0.25, -0.2) is 4.79 Å². The van der Waals surface area contributed by atoms with E-state index in [1.54, 1.807) is 0 Å². The monoisotopic (exact) mass is 352 g/mol. The number of ether oxygens (including phenoxy) is 2. The zero-order valence-electron chi connectivity index (χ0n) is 14.8. The summed E-state index contributed by atoms with van der Waals surface area (Å²) >= 11 is 0. The van der Waals surface area contributed by atoms with Gasteiger partial charge in [0.25, 0.3) is 0 Å². The molecule has 0 fully saturated rings. The van der Waals surface area contributed by atoms with Crippen LogP contribution in [0.5, 0.6) is 5.75 Å². The Labute approximate surface area is 151 Å². The number of hydrogen-bond acceptors (Lipinski definition) is 5. The van der Waals surface area contributed by atoms with Crippen molar-refractivity contribution >= 4 is 16.9 Å². The van der Waals surface area contributed by atoms with Crippen LogP contribution in [0.15, 0.2) is 57.7 Å². The zero-order chi connectivity index (χ0) is 18.5. The van der Waals surface area contributed by atoms with Gasteiger partial charge in [0, 0.05) is 17.0 Å². The Balaban J connectivity index is 1.63. The second kappa shape index (κ2) is 7.87. The molecule has 3 rings (SSSR count). The number of hydrogen-bond donors (Lipinski definition) is 0. The van der Waals surface area contributed by atoms with E-state index in [-0.39, 0.29) is 25.6 Å². The minimum Gasteiger partial charge on any atom is -0.493 e. The van der Waals surface area contributed by atoms with E-state index in [0.717, 1.165) is 16.5 Å². The largest absolute Gasteiger partial charge is 0.493 e. The first-order chi connectivity index (χ1) is 12.5. The molecule has 2 aromatic carbocycles. The number of aryl methyl sites for hydroxylation is 2. The van der Waals surface area contributed by atoms with Crippen LogP contribution >= 0.6 is 0 Å². The molecule has 5 heteroatoms. The Kier molecular flexibility index (Phi) is 5.37. The molecule has 5 nitrogen and oxygen atoms in total. The Morgan fingerprint density at radius 3 is 2.62 bits per heavy atom. The first kappa shape index (κ1) is 17.7. The quantitative estimate of drug-likeness (QED) is 0.497. The molecule has 0 aliphatic heterocycles. The summed E-state index contributed by atoms with van der Waals surface area (Å²) in [6.45, 7) is 4.11. The molecule has 0 saturated carbocycles. The molecule has 0 aliphatic carbocycles. The Hall–Kier alpha value is -3.08. The van der Waals surface area contributed by atoms with E-state index in [2.05, 4.69) is 0 Å². The van der Waals surface area contributed by atoms with Gasteiger partial charge in [0.2, 0.25) is 0 Å². The van der Waals surface area contributed by atoms with Gasteiger partial charge in [-0.1, -0.05) is 30.3 Å². The zero-order valence-corrected chi connectivity index (χ0v) is 14.8. The van der Waals surface area contributed by atoms with Gasteiger partial charge in [-0.2, -0.15) is 0 Å². The number of esters is 1. The summed E-state index contributed by atoms with van der Waals surface area (Å²) < 4.78 is 16.1. The smallest absolute Gasteiger partial charge is 0.336 e. The van der Waals surface area contributed by atoms with Crippen molar-refractivity contribution in [1.82, 2.24) is 0 Å². The Morgan fingerprint density at radius 1 is 1.08 bits per heavy atom. The molecule has 0 radical (unpaired) electrons. The van der Waals surface area contributed by atoms with Gasteiger partial charge < -0.3 is 13.9 Å². The fraction of sp³-hybridized carbons (Fsp3) is 0.238. The molecule has 0 aliphatic rings. The molecule has 0 bridgehead atoms. The number of para-hydroxylation sites is 1. The number of rotatable bonds is 6. The fourth-order valence-electron chi connectivity index (χ4n) is 2.64. The van der Waals surface area contributed by atoms with Crippen molar-refractivity contribution in [2.24, 2.45) is 0 Å². The first-order valence-electron chi connectivity index (χ1n) is 8.41. The highest BCUT2D eigenvalue weighted by Crippen LogP contribution is 2.23. The lowest BCUT2D eigenvalue weighted by Gasteiger charge is -2.10. The lowest BCUT2D eigenvalue weighted by atomic mass is 10.0. The SMILES string of the molecule is Cc1ccc2c(COC(=O)CCOc3ccccc3)cc(=O)oc2c1C. The highest BCUT2D eigenvalue weighted by Gasteiger charge is 2.11. The number of carbonyl (C=O) groups is 1. The topological polar surface area (TPSA) is 65.7 Å². The van der Waals surface area contributed by atoms with E-state index in [0.29, 0.717) is 16.9 Å². The van der Waals surface area contributed by atoms with Gasteiger partial charge in [-0.3, -0.25) is 4.79 Å². The van der Waals surface area contributed by atoms with Gasteiger partial charge in [0.1, 0.15) is 17.9 Å². The van der Waals surface area contributed by atoms with E-state index in [1.165, 1.54) is 6.07 Å². The van der Waals surface area contributed by atoms with Crippen LogP contribution in [-0.4, -0.2) is 12.6 Å². The first-order valence-corrected chi connectivity index (χ1v) is 8.41. The molecule has 0 amide bonds. The highest BCUT2D eigenvalue weighted by atomic mass is 16.5. The van der Waals surface area contributed by atoms with Gasteiger partial charge in [-0.05, 0) is 37.1 Å². The van der Waals surface area contributed by atoms with E-state index in [4.69, 9.17) is 13.9 Å². The van der Waals surface area contributed by atoms with E-state index >= 15 is 0 Å². The summed E-state index contributed by atoms with van der Waals surface area (Å²) in [5, 5.41) is 0.779. The number of carbonyl (C=O) groups excluding carboxylic acids is 1. The third kappa shape index (κ3) is 4.11. The van der Waals surface area contributed by atoms with E-state index in [1.807, 2.05) is 56.3 Å². The maximum Gasteiger partial charge on any atom is 0.336 e. The molecule has 0 spiro atoms. The van der Waals surface area contributed by atoms with Crippen molar-refractivity contribution in [3.8, 4) is 5.75 Å². The van der Waals surface area contributed by atoms with Crippen LogP contribution < -0.4 is 10.4 Å². The van der Waals surface area contributed by atoms with Gasteiger partial charge in [-0.15, -0.1) is 0 Å². The van der Waals surface area contributed by atoms with Crippen LogP contribution in [0.3, 0.4) is 0 Å². The van der Waals surface area contributed by atoms with Crippen LogP contribution in [0.2, 0.25) is 0 Å². The Morgan fingerprint density at radius 2 is 1.85 bits per heavy atom. The van der Waals surface area contributed by atoms with Crippen molar-refractivity contribution in [2.75, 3.05) is 6.61 Å². The predicted octanol–water partition coefficient (Wildman–Crippen LogP) is 3.92. The lowest BCUT2D eigenvalue weighted by molar-refractivity contribution is -0.145. The average Bonchev–Trinajstić information content (AvgIpc) is 2.64. The van der Waals surface area contributed by atoms with Crippen LogP contribution in [0, 0.1) is 13.8 Å². The molecule has 0 saturated heterocycles. The third-order valence-electron chi connectivity index (χ3n) is 4.22. The molecule has 1 heterocycles. The number of benzene rings is 2. The summed E-state index contributed by atoms with van der Waals surface area (Å²) in [5.41, 5.74) is 2.66. The summed E-state index contributed by atoms with van der Waals surface area (Å²) in [4.78, 5) is 23.8. The maximum atomic E-state index is 11.9. The molecular formula is C21H20O5. The van der Waals surface area contributed by atoms with Gasteiger partial charge in [0.15, 0.2) is 0 Å². The van der Waals surface area contributed by atoms with Gasteiger partial charge >= 0.3 is 11.6 Å². The minimum atomic E-state index is -0.454. The summed E-state index contributed by atoms with van der Waals surface area (Å²) in [6.07, 6.45) is 0.131. The minimum absolute atomic E-state index is 0.0226. The summed E-state index contributed by atoms with van der Waals surface area (Å²) in [6, 6.07) is 14.5. The van der Waals surface area contributed by atoms with Crippen LogP contribution in [0.25, 0.3) is 11.0 Å². The number of fused-ring (bicyclic) bond motifs is 1. The van der Waals surface area contributed by atoms with Gasteiger partial charge in [0.05, 0.1) is 13.0 Å². The Bertz CT molecular complexity index is 973. The summed E-state index contributed by atoms with van der Waals surface area (Å²) in [7, 11) is 0. The second-order valence-electron chi connectivity index (χ2n) is 6.05. The highest BCUT2D eigenvalue weighted by molar-refractivity contribution is 5.84. The van der Waals surface area contributed by atoms with Crippen LogP contribution in [0.4, 0.5) is 0 Å². The standard InChI is InChI=1S/C21H20O5/c1-14-8-9-18-16(12-20(23)26-21(18)15(14)2)13-25-19(22)10-11-24-17-6-4-3-5-7-17/h3-9,12H,10-11,13H2,1-2H3. The van der Waals surface area contributed by atoms with E-state index < -0.39 is 5.63 Å². The maximum absolute atomic E-state index is 11.9.